The maximum atomic E-state index is 12.6. The van der Waals surface area contributed by atoms with Gasteiger partial charge in [0.05, 0.1) is 7.11 Å². The summed E-state index contributed by atoms with van der Waals surface area (Å²) in [5, 5.41) is 0. The fourth-order valence-corrected chi connectivity index (χ4v) is 3.29. The summed E-state index contributed by atoms with van der Waals surface area (Å²) in [4.78, 5) is 16.8. The molecule has 0 saturated carbocycles. The van der Waals surface area contributed by atoms with Gasteiger partial charge in [0.2, 0.25) is 0 Å². The van der Waals surface area contributed by atoms with Gasteiger partial charge in [-0.3, -0.25) is 4.79 Å². The highest BCUT2D eigenvalue weighted by atomic mass is 16.5. The second kappa shape index (κ2) is 8.06. The maximum absolute atomic E-state index is 12.6. The molecule has 1 heterocycles. The number of carbonyl (C=O) groups excluding carboxylic acids is 1. The van der Waals surface area contributed by atoms with Crippen molar-refractivity contribution in [3.05, 3.63) is 59.7 Å². The van der Waals surface area contributed by atoms with Crippen molar-refractivity contribution in [2.45, 2.75) is 25.8 Å². The predicted octanol–water partition coefficient (Wildman–Crippen LogP) is 3.96. The molecule has 1 amide bonds. The van der Waals surface area contributed by atoms with E-state index in [2.05, 4.69) is 29.2 Å². The van der Waals surface area contributed by atoms with E-state index < -0.39 is 0 Å². The van der Waals surface area contributed by atoms with Gasteiger partial charge in [0.1, 0.15) is 5.75 Å². The van der Waals surface area contributed by atoms with Crippen LogP contribution in [-0.2, 0) is 6.54 Å². The van der Waals surface area contributed by atoms with Crippen molar-refractivity contribution >= 4 is 11.6 Å². The molecule has 132 valence electrons. The molecular formula is C21H26N2O2. The van der Waals surface area contributed by atoms with Crippen molar-refractivity contribution in [2.75, 3.05) is 32.1 Å². The fourth-order valence-electron chi connectivity index (χ4n) is 3.29. The van der Waals surface area contributed by atoms with Crippen LogP contribution in [0.1, 0.15) is 35.2 Å². The lowest BCUT2D eigenvalue weighted by molar-refractivity contribution is 0.0784. The van der Waals surface area contributed by atoms with E-state index in [1.165, 1.54) is 24.9 Å². The van der Waals surface area contributed by atoms with Crippen LogP contribution in [0.4, 0.5) is 5.69 Å². The van der Waals surface area contributed by atoms with E-state index in [4.69, 9.17) is 4.74 Å². The summed E-state index contributed by atoms with van der Waals surface area (Å²) in [6.07, 6.45) is 3.89. The molecule has 0 aliphatic carbocycles. The van der Waals surface area contributed by atoms with Crippen LogP contribution in [-0.4, -0.2) is 38.1 Å². The number of anilines is 1. The molecule has 1 aliphatic rings. The summed E-state index contributed by atoms with van der Waals surface area (Å²) >= 11 is 0. The molecule has 4 nitrogen and oxygen atoms in total. The van der Waals surface area contributed by atoms with Gasteiger partial charge in [-0.25, -0.2) is 0 Å². The summed E-state index contributed by atoms with van der Waals surface area (Å²) in [5.74, 6) is 0.698. The highest BCUT2D eigenvalue weighted by Crippen LogP contribution is 2.21. The van der Waals surface area contributed by atoms with Crippen LogP contribution in [0.15, 0.2) is 48.5 Å². The Hall–Kier alpha value is -2.49. The second-order valence-corrected chi connectivity index (χ2v) is 6.61. The molecule has 0 bridgehead atoms. The monoisotopic (exact) mass is 338 g/mol. The van der Waals surface area contributed by atoms with Gasteiger partial charge in [-0.2, -0.15) is 0 Å². The fraction of sp³-hybridized carbons (Fsp3) is 0.381. The number of methoxy groups -OCH3 is 1. The van der Waals surface area contributed by atoms with Crippen molar-refractivity contribution < 1.29 is 9.53 Å². The summed E-state index contributed by atoms with van der Waals surface area (Å²) in [5.41, 5.74) is 3.07. The summed E-state index contributed by atoms with van der Waals surface area (Å²) < 4.78 is 5.20. The number of piperidine rings is 1. The van der Waals surface area contributed by atoms with Gasteiger partial charge in [-0.1, -0.05) is 18.2 Å². The molecule has 0 aromatic heterocycles. The number of nitrogens with zero attached hydrogens (tertiary/aromatic N) is 2. The number of ether oxygens (including phenoxy) is 1. The molecule has 2 aromatic rings. The zero-order chi connectivity index (χ0) is 17.6. The predicted molar refractivity (Wildman–Crippen MR) is 101 cm³/mol. The van der Waals surface area contributed by atoms with E-state index in [1.807, 2.05) is 25.2 Å². The Morgan fingerprint density at radius 2 is 1.80 bits per heavy atom. The average molecular weight is 338 g/mol. The van der Waals surface area contributed by atoms with E-state index in [0.717, 1.165) is 18.7 Å². The molecule has 0 atom stereocenters. The molecule has 0 N–H and O–H groups in total. The lowest BCUT2D eigenvalue weighted by Crippen LogP contribution is -2.29. The lowest BCUT2D eigenvalue weighted by Gasteiger charge is -2.29. The van der Waals surface area contributed by atoms with E-state index in [9.17, 15) is 4.79 Å². The van der Waals surface area contributed by atoms with E-state index in [-0.39, 0.29) is 5.91 Å². The number of carbonyl (C=O) groups is 1. The summed E-state index contributed by atoms with van der Waals surface area (Å²) in [7, 11) is 3.44. The van der Waals surface area contributed by atoms with Crippen LogP contribution >= 0.6 is 0 Å². The molecule has 2 aromatic carbocycles. The molecular weight excluding hydrogens is 312 g/mol. The largest absolute Gasteiger partial charge is 0.497 e. The summed E-state index contributed by atoms with van der Waals surface area (Å²) in [6, 6.07) is 15.9. The number of hydrogen-bond acceptors (Lipinski definition) is 3. The second-order valence-electron chi connectivity index (χ2n) is 6.61. The van der Waals surface area contributed by atoms with Gasteiger partial charge in [0, 0.05) is 37.9 Å². The van der Waals surface area contributed by atoms with Crippen LogP contribution in [0.3, 0.4) is 0 Å². The third-order valence-corrected chi connectivity index (χ3v) is 4.74. The molecule has 0 radical (unpaired) electrons. The SMILES string of the molecule is COc1cccc(C(=O)N(C)Cc2ccc(N3CCCCC3)cc2)c1. The Morgan fingerprint density at radius 1 is 1.08 bits per heavy atom. The highest BCUT2D eigenvalue weighted by Gasteiger charge is 2.14. The molecule has 1 saturated heterocycles. The molecule has 4 heteroatoms. The van der Waals surface area contributed by atoms with Crippen LogP contribution in [0.2, 0.25) is 0 Å². The molecule has 1 fully saturated rings. The third kappa shape index (κ3) is 4.32. The quantitative estimate of drug-likeness (QED) is 0.827. The Bertz CT molecular complexity index is 706. The van der Waals surface area contributed by atoms with Crippen LogP contribution < -0.4 is 9.64 Å². The van der Waals surface area contributed by atoms with Crippen molar-refractivity contribution in [3.63, 3.8) is 0 Å². The highest BCUT2D eigenvalue weighted by molar-refractivity contribution is 5.94. The number of hydrogen-bond donors (Lipinski definition) is 0. The Labute approximate surface area is 150 Å². The first kappa shape index (κ1) is 17.3. The number of benzene rings is 2. The molecule has 3 rings (SSSR count). The zero-order valence-corrected chi connectivity index (χ0v) is 15.1. The van der Waals surface area contributed by atoms with Gasteiger partial charge in [-0.05, 0) is 55.2 Å². The Morgan fingerprint density at radius 3 is 2.48 bits per heavy atom. The van der Waals surface area contributed by atoms with Crippen LogP contribution in [0, 0.1) is 0 Å². The smallest absolute Gasteiger partial charge is 0.254 e. The Kier molecular flexibility index (Phi) is 5.59. The first-order chi connectivity index (χ1) is 12.2. The maximum Gasteiger partial charge on any atom is 0.254 e. The van der Waals surface area contributed by atoms with E-state index in [0.29, 0.717) is 17.9 Å². The van der Waals surface area contributed by atoms with Crippen molar-refractivity contribution in [3.8, 4) is 5.75 Å². The van der Waals surface area contributed by atoms with Gasteiger partial charge < -0.3 is 14.5 Å². The standard InChI is InChI=1S/C21H26N2O2/c1-22(21(24)18-7-6-8-20(15-18)25-2)16-17-9-11-19(12-10-17)23-13-4-3-5-14-23/h6-12,15H,3-5,13-14,16H2,1-2H3. The van der Waals surface area contributed by atoms with Crippen molar-refractivity contribution in [2.24, 2.45) is 0 Å². The van der Waals surface area contributed by atoms with Gasteiger partial charge in [0.15, 0.2) is 0 Å². The van der Waals surface area contributed by atoms with Crippen molar-refractivity contribution in [1.29, 1.82) is 0 Å². The molecule has 0 unspecified atom stereocenters. The first-order valence-corrected chi connectivity index (χ1v) is 8.91. The Balaban J connectivity index is 1.63. The molecule has 1 aliphatic heterocycles. The molecule has 25 heavy (non-hydrogen) atoms. The number of amides is 1. The van der Waals surface area contributed by atoms with Gasteiger partial charge in [0.25, 0.3) is 5.91 Å². The average Bonchev–Trinajstić information content (AvgIpc) is 2.68. The minimum Gasteiger partial charge on any atom is -0.497 e. The van der Waals surface area contributed by atoms with Crippen LogP contribution in [0.25, 0.3) is 0 Å². The van der Waals surface area contributed by atoms with E-state index >= 15 is 0 Å². The number of rotatable bonds is 5. The molecule has 0 spiro atoms. The topological polar surface area (TPSA) is 32.8 Å². The van der Waals surface area contributed by atoms with Gasteiger partial charge in [-0.15, -0.1) is 0 Å². The minimum absolute atomic E-state index is 0.000919. The minimum atomic E-state index is -0.000919. The zero-order valence-electron chi connectivity index (χ0n) is 15.1. The first-order valence-electron chi connectivity index (χ1n) is 8.91. The lowest BCUT2D eigenvalue weighted by atomic mass is 10.1. The van der Waals surface area contributed by atoms with Crippen molar-refractivity contribution in [1.82, 2.24) is 4.90 Å². The van der Waals surface area contributed by atoms with E-state index in [1.54, 1.807) is 18.1 Å². The third-order valence-electron chi connectivity index (χ3n) is 4.74. The van der Waals surface area contributed by atoms with Gasteiger partial charge >= 0.3 is 0 Å². The normalized spacial score (nSPS) is 14.2. The summed E-state index contributed by atoms with van der Waals surface area (Å²) in [6.45, 7) is 2.89. The van der Waals surface area contributed by atoms with Crippen LogP contribution in [0.5, 0.6) is 5.75 Å².